The van der Waals surface area contributed by atoms with E-state index in [2.05, 4.69) is 10.6 Å². The number of amides is 1. The van der Waals surface area contributed by atoms with Crippen molar-refractivity contribution in [1.29, 1.82) is 0 Å². The van der Waals surface area contributed by atoms with E-state index in [9.17, 15) is 41.3 Å². The third kappa shape index (κ3) is 6.50. The first kappa shape index (κ1) is 25.1. The molecule has 1 amide bonds. The summed E-state index contributed by atoms with van der Waals surface area (Å²) in [5.74, 6) is -3.45. The first-order chi connectivity index (χ1) is 15.3. The lowest BCUT2D eigenvalue weighted by Gasteiger charge is -2.32. The summed E-state index contributed by atoms with van der Waals surface area (Å²) in [6, 6.07) is 2.77. The minimum Gasteiger partial charge on any atom is -0.382 e. The predicted molar refractivity (Wildman–Crippen MR) is 108 cm³/mol. The lowest BCUT2D eigenvalue weighted by Crippen LogP contribution is -2.40. The molecule has 6 nitrogen and oxygen atoms in total. The fraction of sp³-hybridized carbons (Fsp3) is 0.667. The van der Waals surface area contributed by atoms with Crippen LogP contribution in [0.2, 0.25) is 0 Å². The van der Waals surface area contributed by atoms with Crippen molar-refractivity contribution in [1.82, 2.24) is 5.32 Å². The average molecular weight is 481 g/mol. The lowest BCUT2D eigenvalue weighted by molar-refractivity contribution is -0.384. The van der Waals surface area contributed by atoms with Gasteiger partial charge in [-0.05, 0) is 57.4 Å². The SMILES string of the molecule is O=C(N[C@H]1CC[C@H](C(F)(F)F)CC1)c1cc([N+](=O)[O-])ccc1NC1CCC(C(F)(F)F)CC1. The van der Waals surface area contributed by atoms with Crippen molar-refractivity contribution < 1.29 is 36.1 Å². The second kappa shape index (κ2) is 9.76. The second-order valence-corrected chi connectivity index (χ2v) is 8.79. The largest absolute Gasteiger partial charge is 0.391 e. The molecule has 0 unspecified atom stereocenters. The molecule has 0 heterocycles. The summed E-state index contributed by atoms with van der Waals surface area (Å²) in [6.45, 7) is 0. The molecule has 2 aliphatic carbocycles. The molecule has 33 heavy (non-hydrogen) atoms. The number of anilines is 1. The number of carbonyl (C=O) groups is 1. The van der Waals surface area contributed by atoms with Crippen LogP contribution in [0.4, 0.5) is 37.7 Å². The van der Waals surface area contributed by atoms with Crippen LogP contribution in [0.25, 0.3) is 0 Å². The molecule has 0 bridgehead atoms. The summed E-state index contributed by atoms with van der Waals surface area (Å²) in [7, 11) is 0. The van der Waals surface area contributed by atoms with E-state index in [4.69, 9.17) is 0 Å². The van der Waals surface area contributed by atoms with E-state index in [1.807, 2.05) is 0 Å². The monoisotopic (exact) mass is 481 g/mol. The minimum atomic E-state index is -4.28. The number of nitro groups is 1. The van der Waals surface area contributed by atoms with Crippen molar-refractivity contribution in [3.8, 4) is 0 Å². The molecule has 2 saturated carbocycles. The highest BCUT2D eigenvalue weighted by atomic mass is 19.4. The van der Waals surface area contributed by atoms with Crippen molar-refractivity contribution in [3.05, 3.63) is 33.9 Å². The number of nitrogens with one attached hydrogen (secondary N) is 2. The Hall–Kier alpha value is -2.53. The molecular formula is C21H25F6N3O3. The maximum absolute atomic E-state index is 12.9. The number of hydrogen-bond donors (Lipinski definition) is 2. The highest BCUT2D eigenvalue weighted by molar-refractivity contribution is 6.00. The Morgan fingerprint density at radius 2 is 1.33 bits per heavy atom. The van der Waals surface area contributed by atoms with Gasteiger partial charge in [-0.15, -0.1) is 0 Å². The molecule has 0 saturated heterocycles. The summed E-state index contributed by atoms with van der Waals surface area (Å²) >= 11 is 0. The number of alkyl halides is 6. The molecule has 0 atom stereocenters. The van der Waals surface area contributed by atoms with E-state index < -0.39 is 41.1 Å². The molecule has 0 radical (unpaired) electrons. The van der Waals surface area contributed by atoms with Gasteiger partial charge in [0, 0.05) is 29.9 Å². The predicted octanol–water partition coefficient (Wildman–Crippen LogP) is 5.98. The van der Waals surface area contributed by atoms with Crippen LogP contribution in [0.3, 0.4) is 0 Å². The highest BCUT2D eigenvalue weighted by Crippen LogP contribution is 2.39. The van der Waals surface area contributed by atoms with Crippen LogP contribution in [-0.4, -0.2) is 35.3 Å². The number of carbonyl (C=O) groups excluding carboxylic acids is 1. The zero-order valence-corrected chi connectivity index (χ0v) is 17.6. The van der Waals surface area contributed by atoms with E-state index in [1.54, 1.807) is 0 Å². The van der Waals surface area contributed by atoms with Crippen molar-refractivity contribution >= 4 is 17.3 Å². The van der Waals surface area contributed by atoms with Gasteiger partial charge in [0.05, 0.1) is 22.3 Å². The van der Waals surface area contributed by atoms with Gasteiger partial charge in [0.2, 0.25) is 0 Å². The summed E-state index contributed by atoms with van der Waals surface area (Å²) in [5, 5.41) is 16.9. The summed E-state index contributed by atoms with van der Waals surface area (Å²) in [5.41, 5.74) is -0.148. The number of hydrogen-bond acceptors (Lipinski definition) is 4. The van der Waals surface area contributed by atoms with Crippen LogP contribution in [0.15, 0.2) is 18.2 Å². The Bertz CT molecular complexity index is 858. The van der Waals surface area contributed by atoms with Crippen molar-refractivity contribution in [3.63, 3.8) is 0 Å². The topological polar surface area (TPSA) is 84.3 Å². The van der Waals surface area contributed by atoms with Crippen LogP contribution in [0.5, 0.6) is 0 Å². The number of nitrogens with zero attached hydrogens (tertiary/aromatic N) is 1. The van der Waals surface area contributed by atoms with Gasteiger partial charge in [-0.25, -0.2) is 0 Å². The third-order valence-electron chi connectivity index (χ3n) is 6.53. The Balaban J connectivity index is 1.68. The van der Waals surface area contributed by atoms with Crippen molar-refractivity contribution in [2.45, 2.75) is 75.8 Å². The average Bonchev–Trinajstić information content (AvgIpc) is 2.73. The van der Waals surface area contributed by atoms with Crippen molar-refractivity contribution in [2.24, 2.45) is 11.8 Å². The van der Waals surface area contributed by atoms with Crippen molar-refractivity contribution in [2.75, 3.05) is 5.32 Å². The minimum absolute atomic E-state index is 0.0555. The van der Waals surface area contributed by atoms with Gasteiger partial charge in [-0.1, -0.05) is 0 Å². The number of rotatable bonds is 5. The van der Waals surface area contributed by atoms with Gasteiger partial charge < -0.3 is 10.6 Å². The summed E-state index contributed by atoms with van der Waals surface area (Å²) in [6.07, 6.45) is -8.16. The van der Waals surface area contributed by atoms with Gasteiger partial charge in [-0.3, -0.25) is 14.9 Å². The Morgan fingerprint density at radius 1 is 0.848 bits per heavy atom. The maximum Gasteiger partial charge on any atom is 0.391 e. The molecule has 0 spiro atoms. The normalized spacial score (nSPS) is 26.5. The number of nitro benzene ring substituents is 1. The fourth-order valence-electron chi connectivity index (χ4n) is 4.57. The molecule has 0 aliphatic heterocycles. The number of benzene rings is 1. The quantitative estimate of drug-likeness (QED) is 0.308. The van der Waals surface area contributed by atoms with Crippen LogP contribution in [-0.2, 0) is 0 Å². The van der Waals surface area contributed by atoms with Gasteiger partial charge in [0.25, 0.3) is 11.6 Å². The maximum atomic E-state index is 12.9. The van der Waals surface area contributed by atoms with Gasteiger partial charge in [-0.2, -0.15) is 26.3 Å². The third-order valence-corrected chi connectivity index (χ3v) is 6.53. The molecule has 3 rings (SSSR count). The Labute approximate surface area is 186 Å². The van der Waals surface area contributed by atoms with E-state index in [-0.39, 0.29) is 74.3 Å². The zero-order valence-electron chi connectivity index (χ0n) is 17.6. The number of non-ortho nitro benzene ring substituents is 1. The van der Waals surface area contributed by atoms with Gasteiger partial charge in [0.1, 0.15) is 0 Å². The van der Waals surface area contributed by atoms with E-state index in [0.29, 0.717) is 0 Å². The molecule has 0 aromatic heterocycles. The lowest BCUT2D eigenvalue weighted by atomic mass is 9.85. The smallest absolute Gasteiger partial charge is 0.382 e. The Kier molecular flexibility index (Phi) is 7.42. The van der Waals surface area contributed by atoms with E-state index in [1.165, 1.54) is 12.1 Å². The first-order valence-electron chi connectivity index (χ1n) is 10.8. The first-order valence-corrected chi connectivity index (χ1v) is 10.8. The molecule has 1 aromatic carbocycles. The molecule has 184 valence electrons. The molecule has 2 N–H and O–H groups in total. The Morgan fingerprint density at radius 3 is 1.79 bits per heavy atom. The highest BCUT2D eigenvalue weighted by Gasteiger charge is 2.42. The van der Waals surface area contributed by atoms with Gasteiger partial charge >= 0.3 is 12.4 Å². The summed E-state index contributed by atoms with van der Waals surface area (Å²) < 4.78 is 77.3. The molecule has 1 aromatic rings. The zero-order chi connectivity index (χ0) is 24.4. The standard InChI is InChI=1S/C21H25F6N3O3/c22-20(23,24)12-1-5-14(6-2-12)28-18-10-9-16(30(32)33)11-17(18)19(31)29-15-7-3-13(4-8-15)21(25,26)27/h9-15,28H,1-8H2,(H,29,31)/t12?,13-,14?,15-. The molecule has 2 fully saturated rings. The molecule has 12 heteroatoms. The fourth-order valence-corrected chi connectivity index (χ4v) is 4.57. The van der Waals surface area contributed by atoms with Crippen LogP contribution < -0.4 is 10.6 Å². The van der Waals surface area contributed by atoms with Crippen LogP contribution >= 0.6 is 0 Å². The van der Waals surface area contributed by atoms with E-state index in [0.717, 1.165) is 6.07 Å². The van der Waals surface area contributed by atoms with E-state index >= 15 is 0 Å². The van der Waals surface area contributed by atoms with Crippen LogP contribution in [0, 0.1) is 22.0 Å². The second-order valence-electron chi connectivity index (χ2n) is 8.79. The molecular weight excluding hydrogens is 456 g/mol. The van der Waals surface area contributed by atoms with Crippen LogP contribution in [0.1, 0.15) is 61.7 Å². The summed E-state index contributed by atoms with van der Waals surface area (Å²) in [4.78, 5) is 23.4. The molecule has 2 aliphatic rings. The number of halogens is 6. The van der Waals surface area contributed by atoms with Gasteiger partial charge in [0.15, 0.2) is 0 Å².